The zero-order valence-corrected chi connectivity index (χ0v) is 12.4. The molecule has 2 aromatic rings. The van der Waals surface area contributed by atoms with Crippen molar-refractivity contribution in [3.63, 3.8) is 0 Å². The lowest BCUT2D eigenvalue weighted by atomic mass is 9.95. The highest BCUT2D eigenvalue weighted by Gasteiger charge is 2.29. The average molecular weight is 352 g/mol. The minimum Gasteiger partial charge on any atom is -0.508 e. The number of Topliss-reactive ketones (excluding diaryl/α,β-unsaturated/α-hetero) is 1. The summed E-state index contributed by atoms with van der Waals surface area (Å²) in [6, 6.07) is 7.12. The molecule has 0 aliphatic rings. The highest BCUT2D eigenvalue weighted by molar-refractivity contribution is 6.30. The zero-order valence-electron chi connectivity index (χ0n) is 12.4. The van der Waals surface area contributed by atoms with Crippen molar-refractivity contribution in [1.82, 2.24) is 0 Å². The largest absolute Gasteiger partial charge is 0.508 e. The second kappa shape index (κ2) is 6.68. The maximum Gasteiger partial charge on any atom is 0.410 e. The lowest BCUT2D eigenvalue weighted by Crippen LogP contribution is -2.10. The molecule has 2 aromatic carbocycles. The molecule has 0 bridgehead atoms. The van der Waals surface area contributed by atoms with Gasteiger partial charge in [-0.3, -0.25) is 4.79 Å². The van der Waals surface area contributed by atoms with E-state index in [1.807, 2.05) is 0 Å². The van der Waals surface area contributed by atoms with Crippen molar-refractivity contribution in [2.75, 3.05) is 0 Å². The number of carbonyl (C=O) groups excluding carboxylic acids is 1. The quantitative estimate of drug-likeness (QED) is 0.577. The number of hydrogen-bond acceptors (Lipinski definition) is 4. The number of carboxylic acids is 1. The second-order valence-electron chi connectivity index (χ2n) is 5.01. The first-order chi connectivity index (χ1) is 11.6. The molecule has 130 valence electrons. The molecule has 25 heavy (non-hydrogen) atoms. The Labute approximate surface area is 139 Å². The first-order valence-electron chi connectivity index (χ1n) is 6.78. The van der Waals surface area contributed by atoms with Gasteiger partial charge in [0, 0.05) is 17.7 Å². The van der Waals surface area contributed by atoms with Gasteiger partial charge in [-0.15, -0.1) is 0 Å². The molecular formula is C17H11F3O5. The Morgan fingerprint density at radius 1 is 0.920 bits per heavy atom. The monoisotopic (exact) mass is 352 g/mol. The van der Waals surface area contributed by atoms with Gasteiger partial charge in [-0.25, -0.2) is 4.79 Å². The second-order valence-corrected chi connectivity index (χ2v) is 5.01. The van der Waals surface area contributed by atoms with E-state index in [1.54, 1.807) is 0 Å². The van der Waals surface area contributed by atoms with Gasteiger partial charge in [0.2, 0.25) is 0 Å². The lowest BCUT2D eigenvalue weighted by Gasteiger charge is -2.11. The average Bonchev–Trinajstić information content (AvgIpc) is 2.51. The van der Waals surface area contributed by atoms with E-state index >= 15 is 0 Å². The van der Waals surface area contributed by atoms with Gasteiger partial charge in [0.05, 0.1) is 11.1 Å². The Balaban J connectivity index is 2.55. The normalized spacial score (nSPS) is 12.0. The molecule has 3 N–H and O–H groups in total. The van der Waals surface area contributed by atoms with Crippen molar-refractivity contribution >= 4 is 17.3 Å². The summed E-state index contributed by atoms with van der Waals surface area (Å²) in [6.07, 6.45) is -5.04. The molecule has 0 atom stereocenters. The number of aromatic hydroxyl groups is 2. The van der Waals surface area contributed by atoms with Gasteiger partial charge in [0.15, 0.2) is 5.78 Å². The molecule has 0 aliphatic heterocycles. The van der Waals surface area contributed by atoms with Crippen LogP contribution in [0.3, 0.4) is 0 Å². The minimum absolute atomic E-state index is 0.157. The number of rotatable bonds is 4. The van der Waals surface area contributed by atoms with Gasteiger partial charge >= 0.3 is 12.1 Å². The van der Waals surface area contributed by atoms with Crippen LogP contribution in [0.15, 0.2) is 48.5 Å². The van der Waals surface area contributed by atoms with E-state index in [2.05, 4.69) is 0 Å². The summed E-state index contributed by atoms with van der Waals surface area (Å²) in [4.78, 5) is 23.3. The summed E-state index contributed by atoms with van der Waals surface area (Å²) in [6.45, 7) is 0. The van der Waals surface area contributed by atoms with Crippen LogP contribution in [-0.2, 0) is 0 Å². The fraction of sp³-hybridized carbons (Fsp3) is 0.0588. The van der Waals surface area contributed by atoms with Crippen molar-refractivity contribution in [3.8, 4) is 11.5 Å². The smallest absolute Gasteiger partial charge is 0.410 e. The molecule has 5 nitrogen and oxygen atoms in total. The zero-order chi connectivity index (χ0) is 18.8. The lowest BCUT2D eigenvalue weighted by molar-refractivity contribution is -0.0793. The van der Waals surface area contributed by atoms with Crippen LogP contribution in [0, 0.1) is 0 Å². The van der Waals surface area contributed by atoms with Crippen molar-refractivity contribution in [2.45, 2.75) is 6.18 Å². The number of ketones is 1. The van der Waals surface area contributed by atoms with E-state index in [0.29, 0.717) is 0 Å². The summed E-state index contributed by atoms with van der Waals surface area (Å²) >= 11 is 0. The van der Waals surface area contributed by atoms with Crippen molar-refractivity contribution < 1.29 is 38.1 Å². The Morgan fingerprint density at radius 3 is 1.96 bits per heavy atom. The van der Waals surface area contributed by atoms with E-state index in [-0.39, 0.29) is 23.0 Å². The Morgan fingerprint density at radius 2 is 1.48 bits per heavy atom. The number of benzene rings is 2. The van der Waals surface area contributed by atoms with E-state index < -0.39 is 34.8 Å². The van der Waals surface area contributed by atoms with Gasteiger partial charge in [0.25, 0.3) is 0 Å². The van der Waals surface area contributed by atoms with Crippen LogP contribution in [0.2, 0.25) is 0 Å². The first kappa shape index (κ1) is 18.1. The molecule has 0 saturated carbocycles. The first-order valence-corrected chi connectivity index (χ1v) is 6.78. The number of hydrogen-bond donors (Lipinski definition) is 3. The molecule has 0 aliphatic carbocycles. The molecule has 2 rings (SSSR count). The maximum absolute atomic E-state index is 12.8. The van der Waals surface area contributed by atoms with E-state index in [4.69, 9.17) is 5.11 Å². The molecule has 0 aromatic heterocycles. The molecule has 0 unspecified atom stereocenters. The van der Waals surface area contributed by atoms with Gasteiger partial charge in [-0.1, -0.05) is 12.1 Å². The van der Waals surface area contributed by atoms with Crippen molar-refractivity contribution in [3.05, 3.63) is 65.2 Å². The Bertz CT molecular complexity index is 852. The standard InChI is InChI=1S/C17H11F3O5/c18-17(19,20)8-13(9-1-3-10(4-2-9)16(24)25)15(23)12-6-5-11(21)7-14(12)22/h1-8,21-22H,(H,24,25)/b13-8+. The van der Waals surface area contributed by atoms with Crippen molar-refractivity contribution in [2.24, 2.45) is 0 Å². The highest BCUT2D eigenvalue weighted by Crippen LogP contribution is 2.31. The number of halogens is 3. The third kappa shape index (κ3) is 4.37. The fourth-order valence-electron chi connectivity index (χ4n) is 2.09. The van der Waals surface area contributed by atoms with Gasteiger partial charge in [0.1, 0.15) is 11.5 Å². The summed E-state index contributed by atoms with van der Waals surface area (Å²) in [5.41, 5.74) is -1.53. The molecule has 0 amide bonds. The molecule has 0 spiro atoms. The summed E-state index contributed by atoms with van der Waals surface area (Å²) < 4.78 is 38.4. The fourth-order valence-corrected chi connectivity index (χ4v) is 2.09. The molecule has 0 heterocycles. The van der Waals surface area contributed by atoms with E-state index in [0.717, 1.165) is 42.5 Å². The van der Waals surface area contributed by atoms with Crippen molar-refractivity contribution in [1.29, 1.82) is 0 Å². The third-order valence-electron chi connectivity index (χ3n) is 3.22. The molecule has 0 fully saturated rings. The van der Waals surface area contributed by atoms with E-state index in [9.17, 15) is 33.0 Å². The van der Waals surface area contributed by atoms with Gasteiger partial charge in [-0.05, 0) is 29.8 Å². The van der Waals surface area contributed by atoms with Gasteiger partial charge in [-0.2, -0.15) is 13.2 Å². The number of carbonyl (C=O) groups is 2. The maximum atomic E-state index is 12.8. The number of allylic oxidation sites excluding steroid dienone is 2. The highest BCUT2D eigenvalue weighted by atomic mass is 19.4. The van der Waals surface area contributed by atoms with E-state index in [1.165, 1.54) is 0 Å². The topological polar surface area (TPSA) is 94.8 Å². The number of aromatic carboxylic acids is 1. The van der Waals surface area contributed by atoms with Crippen LogP contribution in [0.4, 0.5) is 13.2 Å². The Kier molecular flexibility index (Phi) is 4.82. The van der Waals surface area contributed by atoms with Crippen LogP contribution in [0.25, 0.3) is 5.57 Å². The predicted octanol–water partition coefficient (Wildman–Crippen LogP) is 3.62. The molecule has 0 radical (unpaired) electrons. The summed E-state index contributed by atoms with van der Waals surface area (Å²) in [5, 5.41) is 27.8. The SMILES string of the molecule is O=C(O)c1ccc(/C(=C\C(F)(F)F)C(=O)c2ccc(O)cc2O)cc1. The molecule has 0 saturated heterocycles. The predicted molar refractivity (Wildman–Crippen MR) is 81.5 cm³/mol. The molecule has 8 heteroatoms. The number of alkyl halides is 3. The van der Waals surface area contributed by atoms with Crippen LogP contribution >= 0.6 is 0 Å². The summed E-state index contributed by atoms with van der Waals surface area (Å²) in [7, 11) is 0. The van der Waals surface area contributed by atoms with Gasteiger partial charge < -0.3 is 15.3 Å². The number of phenols is 2. The summed E-state index contributed by atoms with van der Waals surface area (Å²) in [5.74, 6) is -3.44. The third-order valence-corrected chi connectivity index (χ3v) is 3.22. The van der Waals surface area contributed by atoms with Crippen LogP contribution in [0.5, 0.6) is 11.5 Å². The number of phenolic OH excluding ortho intramolecular Hbond substituents is 2. The molecular weight excluding hydrogens is 341 g/mol. The minimum atomic E-state index is -4.82. The van der Waals surface area contributed by atoms with Crippen LogP contribution in [-0.4, -0.2) is 33.2 Å². The van der Waals surface area contributed by atoms with Crippen LogP contribution < -0.4 is 0 Å². The Hall–Kier alpha value is -3.29. The van der Waals surface area contributed by atoms with Crippen LogP contribution in [0.1, 0.15) is 26.3 Å². The number of carboxylic acid groups (broad SMARTS) is 1.